The Morgan fingerprint density at radius 3 is 2.94 bits per heavy atom. The van der Waals surface area contributed by atoms with Crippen molar-refractivity contribution in [3.8, 4) is 23.1 Å². The molecule has 3 N–H and O–H groups in total. The molecule has 18 heavy (non-hydrogen) atoms. The molecule has 6 nitrogen and oxygen atoms in total. The predicted molar refractivity (Wildman–Crippen MR) is 66.7 cm³/mol. The molecule has 0 radical (unpaired) electrons. The fraction of sp³-hybridized carbons (Fsp3) is 0. The van der Waals surface area contributed by atoms with Crippen molar-refractivity contribution < 1.29 is 4.52 Å². The molecule has 1 aromatic carbocycles. The molecular weight excluding hydrogens is 254 g/mol. The van der Waals surface area contributed by atoms with Gasteiger partial charge in [0, 0.05) is 18.1 Å². The highest BCUT2D eigenvalue weighted by Crippen LogP contribution is 2.32. The Labute approximate surface area is 107 Å². The summed E-state index contributed by atoms with van der Waals surface area (Å²) in [7, 11) is 0. The molecule has 0 fully saturated rings. The van der Waals surface area contributed by atoms with Crippen LogP contribution in [-0.4, -0.2) is 20.1 Å². The third kappa shape index (κ3) is 1.72. The van der Waals surface area contributed by atoms with Gasteiger partial charge >= 0.3 is 0 Å². The van der Waals surface area contributed by atoms with Gasteiger partial charge in [0.15, 0.2) is 5.82 Å². The first-order chi connectivity index (χ1) is 8.75. The Balaban J connectivity index is 2.09. The maximum Gasteiger partial charge on any atom is 0.261 e. The lowest BCUT2D eigenvalue weighted by molar-refractivity contribution is 0.432. The van der Waals surface area contributed by atoms with E-state index in [1.165, 1.54) is 0 Å². The van der Waals surface area contributed by atoms with Gasteiger partial charge in [-0.2, -0.15) is 4.98 Å². The average Bonchev–Trinajstić information content (AvgIpc) is 2.99. The molecule has 0 amide bonds. The highest BCUT2D eigenvalue weighted by atomic mass is 35.5. The second-order valence-electron chi connectivity index (χ2n) is 3.56. The first kappa shape index (κ1) is 10.8. The summed E-state index contributed by atoms with van der Waals surface area (Å²) < 4.78 is 5.15. The summed E-state index contributed by atoms with van der Waals surface area (Å²) in [5, 5.41) is 4.29. The van der Waals surface area contributed by atoms with Crippen LogP contribution < -0.4 is 5.73 Å². The molecule has 0 saturated carbocycles. The van der Waals surface area contributed by atoms with Crippen molar-refractivity contribution in [3.63, 3.8) is 0 Å². The fourth-order valence-corrected chi connectivity index (χ4v) is 1.84. The topological polar surface area (TPSA) is 93.6 Å². The van der Waals surface area contributed by atoms with Gasteiger partial charge in [0.05, 0.1) is 10.6 Å². The van der Waals surface area contributed by atoms with Crippen molar-refractivity contribution in [1.82, 2.24) is 20.1 Å². The number of nitrogen functional groups attached to an aromatic ring is 1. The van der Waals surface area contributed by atoms with Crippen LogP contribution in [0, 0.1) is 0 Å². The molecule has 0 saturated heterocycles. The van der Waals surface area contributed by atoms with E-state index >= 15 is 0 Å². The third-order valence-corrected chi connectivity index (χ3v) is 2.71. The predicted octanol–water partition coefficient (Wildman–Crippen LogP) is 2.36. The highest BCUT2D eigenvalue weighted by molar-refractivity contribution is 6.33. The zero-order valence-electron chi connectivity index (χ0n) is 9.09. The molecule has 0 unspecified atom stereocenters. The molecule has 0 spiro atoms. The van der Waals surface area contributed by atoms with Crippen LogP contribution in [0.3, 0.4) is 0 Å². The number of H-pyrrole nitrogens is 1. The molecule has 7 heteroatoms. The van der Waals surface area contributed by atoms with E-state index in [4.69, 9.17) is 21.9 Å². The van der Waals surface area contributed by atoms with Gasteiger partial charge in [-0.25, -0.2) is 4.98 Å². The van der Waals surface area contributed by atoms with E-state index in [2.05, 4.69) is 20.1 Å². The number of hydrogen-bond acceptors (Lipinski definition) is 5. The lowest BCUT2D eigenvalue weighted by Gasteiger charge is -2.01. The van der Waals surface area contributed by atoms with E-state index < -0.39 is 0 Å². The maximum atomic E-state index is 6.07. The maximum absolute atomic E-state index is 6.07. The fourth-order valence-electron chi connectivity index (χ4n) is 1.58. The normalized spacial score (nSPS) is 10.7. The molecule has 0 aliphatic rings. The summed E-state index contributed by atoms with van der Waals surface area (Å²) in [5.41, 5.74) is 6.86. The molecule has 2 aromatic heterocycles. The molecule has 90 valence electrons. The van der Waals surface area contributed by atoms with Crippen LogP contribution in [0.25, 0.3) is 23.1 Å². The number of nitrogens with one attached hydrogen (secondary N) is 1. The number of aromatic amines is 1. The van der Waals surface area contributed by atoms with E-state index in [1.807, 2.05) is 0 Å². The van der Waals surface area contributed by atoms with E-state index in [0.717, 1.165) is 0 Å². The van der Waals surface area contributed by atoms with Crippen molar-refractivity contribution in [2.75, 3.05) is 5.73 Å². The molecule has 3 rings (SSSR count). The van der Waals surface area contributed by atoms with Crippen molar-refractivity contribution >= 4 is 17.3 Å². The van der Waals surface area contributed by atoms with Gasteiger partial charge in [-0.1, -0.05) is 22.8 Å². The number of halogens is 1. The van der Waals surface area contributed by atoms with Crippen molar-refractivity contribution in [3.05, 3.63) is 35.6 Å². The van der Waals surface area contributed by atoms with E-state index in [1.54, 1.807) is 30.6 Å². The minimum atomic E-state index is 0.268. The minimum Gasteiger partial charge on any atom is -0.398 e. The first-order valence-electron chi connectivity index (χ1n) is 5.13. The number of aromatic nitrogens is 4. The number of nitrogens with two attached hydrogens (primary N) is 1. The van der Waals surface area contributed by atoms with E-state index in [9.17, 15) is 0 Å². The monoisotopic (exact) mass is 261 g/mol. The number of anilines is 1. The van der Waals surface area contributed by atoms with Crippen molar-refractivity contribution in [1.29, 1.82) is 0 Å². The van der Waals surface area contributed by atoms with E-state index in [-0.39, 0.29) is 5.89 Å². The first-order valence-corrected chi connectivity index (χ1v) is 5.51. The summed E-state index contributed by atoms with van der Waals surface area (Å²) in [6.07, 6.45) is 3.28. The Bertz CT molecular complexity index is 656. The quantitative estimate of drug-likeness (QED) is 0.691. The zero-order chi connectivity index (χ0) is 12.5. The van der Waals surface area contributed by atoms with Crippen LogP contribution in [0.1, 0.15) is 0 Å². The number of rotatable bonds is 2. The Morgan fingerprint density at radius 2 is 2.22 bits per heavy atom. The smallest absolute Gasteiger partial charge is 0.261 e. The highest BCUT2D eigenvalue weighted by Gasteiger charge is 2.16. The SMILES string of the molecule is Nc1cccc(Cl)c1-c1nc(-c2ncc[nH]2)no1. The van der Waals surface area contributed by atoms with Crippen LogP contribution in [0.15, 0.2) is 35.1 Å². The van der Waals surface area contributed by atoms with E-state index in [0.29, 0.717) is 27.9 Å². The van der Waals surface area contributed by atoms with Gasteiger partial charge in [-0.05, 0) is 12.1 Å². The van der Waals surface area contributed by atoms with Gasteiger partial charge in [0.2, 0.25) is 5.82 Å². The van der Waals surface area contributed by atoms with Crippen LogP contribution in [0.5, 0.6) is 0 Å². The molecule has 3 aromatic rings. The third-order valence-electron chi connectivity index (χ3n) is 2.40. The van der Waals surface area contributed by atoms with Crippen LogP contribution >= 0.6 is 11.6 Å². The van der Waals surface area contributed by atoms with Crippen LogP contribution in [0.2, 0.25) is 5.02 Å². The molecule has 0 bridgehead atoms. The van der Waals surface area contributed by atoms with Crippen molar-refractivity contribution in [2.45, 2.75) is 0 Å². The van der Waals surface area contributed by atoms with Gasteiger partial charge in [-0.15, -0.1) is 0 Å². The largest absolute Gasteiger partial charge is 0.398 e. The van der Waals surface area contributed by atoms with Crippen molar-refractivity contribution in [2.24, 2.45) is 0 Å². The Hall–Kier alpha value is -2.34. The molecule has 0 aliphatic heterocycles. The molecular formula is C11H8ClN5O. The zero-order valence-corrected chi connectivity index (χ0v) is 9.85. The summed E-state index contributed by atoms with van der Waals surface area (Å²) in [4.78, 5) is 11.1. The lowest BCUT2D eigenvalue weighted by atomic mass is 10.2. The Kier molecular flexibility index (Phi) is 2.49. The Morgan fingerprint density at radius 1 is 1.33 bits per heavy atom. The molecule has 0 aliphatic carbocycles. The standard InChI is InChI=1S/C11H8ClN5O/c12-6-2-1-3-7(13)8(6)11-16-10(17-18-11)9-14-4-5-15-9/h1-5H,13H2,(H,14,15). The minimum absolute atomic E-state index is 0.268. The van der Waals surface area contributed by atoms with Crippen LogP contribution in [-0.2, 0) is 0 Å². The molecule has 2 heterocycles. The summed E-state index contributed by atoms with van der Waals surface area (Å²) >= 11 is 6.07. The van der Waals surface area contributed by atoms with Gasteiger partial charge < -0.3 is 15.2 Å². The second-order valence-corrected chi connectivity index (χ2v) is 3.97. The van der Waals surface area contributed by atoms with Gasteiger partial charge in [0.1, 0.15) is 0 Å². The average molecular weight is 262 g/mol. The lowest BCUT2D eigenvalue weighted by Crippen LogP contribution is -1.91. The van der Waals surface area contributed by atoms with Gasteiger partial charge in [-0.3, -0.25) is 0 Å². The number of benzene rings is 1. The second kappa shape index (κ2) is 4.15. The number of imidazole rings is 1. The summed E-state index contributed by atoms with van der Waals surface area (Å²) in [6, 6.07) is 5.19. The number of hydrogen-bond donors (Lipinski definition) is 2. The number of nitrogens with zero attached hydrogens (tertiary/aromatic N) is 3. The summed E-state index contributed by atoms with van der Waals surface area (Å²) in [6.45, 7) is 0. The van der Waals surface area contributed by atoms with Crippen LogP contribution in [0.4, 0.5) is 5.69 Å². The van der Waals surface area contributed by atoms with Gasteiger partial charge in [0.25, 0.3) is 5.89 Å². The summed E-state index contributed by atoms with van der Waals surface area (Å²) in [5.74, 6) is 1.15. The molecule has 0 atom stereocenters.